The smallest absolute Gasteiger partial charge is 0.261 e. The quantitative estimate of drug-likeness (QED) is 0.831. The van der Waals surface area contributed by atoms with Crippen molar-refractivity contribution in [3.05, 3.63) is 30.1 Å². The highest BCUT2D eigenvalue weighted by Gasteiger charge is 2.10. The molecule has 0 saturated heterocycles. The molecule has 0 aliphatic carbocycles. The molecule has 1 heterocycles. The lowest BCUT2D eigenvalue weighted by Crippen LogP contribution is -1.90. The van der Waals surface area contributed by atoms with Gasteiger partial charge < -0.3 is 0 Å². The summed E-state index contributed by atoms with van der Waals surface area (Å²) >= 11 is 0. The van der Waals surface area contributed by atoms with Crippen LogP contribution in [0.5, 0.6) is 0 Å². The van der Waals surface area contributed by atoms with Gasteiger partial charge in [-0.2, -0.15) is 5.10 Å². The van der Waals surface area contributed by atoms with Crippen LogP contribution < -0.4 is 0 Å². The molecule has 0 aliphatic rings. The first-order valence-corrected chi connectivity index (χ1v) is 6.72. The normalized spacial score (nSPS) is 11.6. The van der Waals surface area contributed by atoms with Crippen molar-refractivity contribution < 1.29 is 8.42 Å². The summed E-state index contributed by atoms with van der Waals surface area (Å²) in [5.41, 5.74) is 0.730. The molecule has 2 aromatic rings. The number of halogens is 1. The molecule has 1 N–H and O–H groups in total. The second kappa shape index (κ2) is 3.88. The Morgan fingerprint density at radius 1 is 1.25 bits per heavy atom. The van der Waals surface area contributed by atoms with Crippen LogP contribution in [0.4, 0.5) is 0 Å². The summed E-state index contributed by atoms with van der Waals surface area (Å²) in [5.74, 6) is 1.22. The maximum absolute atomic E-state index is 11.0. The van der Waals surface area contributed by atoms with Gasteiger partial charge >= 0.3 is 0 Å². The zero-order chi connectivity index (χ0) is 11.8. The number of aromatic nitrogens is 3. The number of aromatic amines is 1. The van der Waals surface area contributed by atoms with E-state index in [1.807, 2.05) is 0 Å². The van der Waals surface area contributed by atoms with Crippen molar-refractivity contribution in [3.8, 4) is 11.4 Å². The van der Waals surface area contributed by atoms with Crippen LogP contribution in [0.1, 0.15) is 5.82 Å². The zero-order valence-electron chi connectivity index (χ0n) is 8.31. The van der Waals surface area contributed by atoms with Gasteiger partial charge in [0.15, 0.2) is 5.82 Å². The van der Waals surface area contributed by atoms with E-state index in [0.717, 1.165) is 5.56 Å². The fraction of sp³-hybridized carbons (Fsp3) is 0.111. The van der Waals surface area contributed by atoms with E-state index in [4.69, 9.17) is 10.7 Å². The SMILES string of the molecule is Cc1nc(-c2ccc(S(=O)(=O)Cl)cc2)n[nH]1. The topological polar surface area (TPSA) is 75.7 Å². The second-order valence-corrected chi connectivity index (χ2v) is 5.77. The van der Waals surface area contributed by atoms with Gasteiger partial charge in [-0.1, -0.05) is 0 Å². The van der Waals surface area contributed by atoms with Crippen molar-refractivity contribution in [1.29, 1.82) is 0 Å². The molecule has 5 nitrogen and oxygen atoms in total. The molecule has 0 bridgehead atoms. The first-order chi connectivity index (χ1) is 7.47. The summed E-state index contributed by atoms with van der Waals surface area (Å²) in [4.78, 5) is 4.18. The molecular formula is C9H8ClN3O2S. The summed E-state index contributed by atoms with van der Waals surface area (Å²) < 4.78 is 22.0. The standard InChI is InChI=1S/C9H8ClN3O2S/c1-6-11-9(13-12-6)7-2-4-8(5-3-7)16(10,14)15/h2-5H,1H3,(H,11,12,13). The van der Waals surface area contributed by atoms with Gasteiger partial charge in [0.05, 0.1) is 4.90 Å². The predicted molar refractivity (Wildman–Crippen MR) is 59.6 cm³/mol. The maximum atomic E-state index is 11.0. The largest absolute Gasteiger partial charge is 0.263 e. The Bertz CT molecular complexity index is 604. The molecule has 0 radical (unpaired) electrons. The van der Waals surface area contributed by atoms with Crippen molar-refractivity contribution in [2.24, 2.45) is 0 Å². The van der Waals surface area contributed by atoms with E-state index in [0.29, 0.717) is 11.6 Å². The Balaban J connectivity index is 2.40. The minimum absolute atomic E-state index is 0.0603. The van der Waals surface area contributed by atoms with Crippen LogP contribution in [0, 0.1) is 6.92 Å². The lowest BCUT2D eigenvalue weighted by molar-refractivity contribution is 0.609. The van der Waals surface area contributed by atoms with E-state index in [9.17, 15) is 8.42 Å². The summed E-state index contributed by atoms with van der Waals surface area (Å²) in [5, 5.41) is 6.67. The van der Waals surface area contributed by atoms with Crippen molar-refractivity contribution in [3.63, 3.8) is 0 Å². The number of H-pyrrole nitrogens is 1. The van der Waals surface area contributed by atoms with Crippen LogP contribution in [0.3, 0.4) is 0 Å². The third-order valence-corrected chi connectivity index (χ3v) is 3.36. The molecule has 2 rings (SSSR count). The molecule has 1 aromatic carbocycles. The third kappa shape index (κ3) is 2.23. The molecular weight excluding hydrogens is 250 g/mol. The Morgan fingerprint density at radius 3 is 2.31 bits per heavy atom. The highest BCUT2D eigenvalue weighted by Crippen LogP contribution is 2.20. The summed E-state index contributed by atoms with van der Waals surface area (Å²) in [6, 6.07) is 6.06. The van der Waals surface area contributed by atoms with Crippen LogP contribution >= 0.6 is 10.7 Å². The Hall–Kier alpha value is -1.40. The summed E-state index contributed by atoms with van der Waals surface area (Å²) in [6.07, 6.45) is 0. The molecule has 7 heteroatoms. The maximum Gasteiger partial charge on any atom is 0.261 e. The van der Waals surface area contributed by atoms with E-state index in [1.165, 1.54) is 12.1 Å². The monoisotopic (exact) mass is 257 g/mol. The minimum atomic E-state index is -3.67. The molecule has 0 aliphatic heterocycles. The highest BCUT2D eigenvalue weighted by molar-refractivity contribution is 8.13. The number of hydrogen-bond donors (Lipinski definition) is 1. The minimum Gasteiger partial charge on any atom is -0.263 e. The van der Waals surface area contributed by atoms with Crippen molar-refractivity contribution in [2.75, 3.05) is 0 Å². The Kier molecular flexibility index (Phi) is 2.69. The summed E-state index contributed by atoms with van der Waals surface area (Å²) in [6.45, 7) is 1.79. The van der Waals surface area contributed by atoms with Crippen molar-refractivity contribution in [1.82, 2.24) is 15.2 Å². The Labute approximate surface area is 96.9 Å². The van der Waals surface area contributed by atoms with Crippen LogP contribution in [0.15, 0.2) is 29.2 Å². The zero-order valence-corrected chi connectivity index (χ0v) is 9.88. The van der Waals surface area contributed by atoms with Gasteiger partial charge in [-0.15, -0.1) is 0 Å². The lowest BCUT2D eigenvalue weighted by Gasteiger charge is -1.97. The molecule has 0 saturated carbocycles. The van der Waals surface area contributed by atoms with Crippen LogP contribution in [0.2, 0.25) is 0 Å². The van der Waals surface area contributed by atoms with Crippen molar-refractivity contribution in [2.45, 2.75) is 11.8 Å². The molecule has 84 valence electrons. The van der Waals surface area contributed by atoms with Crippen LogP contribution in [-0.2, 0) is 9.05 Å². The molecule has 0 fully saturated rings. The van der Waals surface area contributed by atoms with Crippen LogP contribution in [0.25, 0.3) is 11.4 Å². The fourth-order valence-electron chi connectivity index (χ4n) is 1.24. The second-order valence-electron chi connectivity index (χ2n) is 3.21. The molecule has 16 heavy (non-hydrogen) atoms. The first-order valence-electron chi connectivity index (χ1n) is 4.41. The van der Waals surface area contributed by atoms with Gasteiger partial charge in [-0.3, -0.25) is 5.10 Å². The fourth-order valence-corrected chi connectivity index (χ4v) is 2.01. The van der Waals surface area contributed by atoms with E-state index in [1.54, 1.807) is 19.1 Å². The van der Waals surface area contributed by atoms with Crippen molar-refractivity contribution >= 4 is 19.7 Å². The number of aryl methyl sites for hydroxylation is 1. The Morgan fingerprint density at radius 2 is 1.88 bits per heavy atom. The molecule has 0 atom stereocenters. The molecule has 0 spiro atoms. The molecule has 0 unspecified atom stereocenters. The first kappa shape index (κ1) is 11.1. The van der Waals surface area contributed by atoms with Gasteiger partial charge in [-0.05, 0) is 31.2 Å². The predicted octanol–water partition coefficient (Wildman–Crippen LogP) is 1.71. The van der Waals surface area contributed by atoms with E-state index < -0.39 is 9.05 Å². The van der Waals surface area contributed by atoms with Gasteiger partial charge in [-0.25, -0.2) is 13.4 Å². The number of nitrogens with zero attached hydrogens (tertiary/aromatic N) is 2. The summed E-state index contributed by atoms with van der Waals surface area (Å²) in [7, 11) is 1.52. The molecule has 0 amide bonds. The van der Waals surface area contributed by atoms with E-state index in [-0.39, 0.29) is 4.90 Å². The number of nitrogens with one attached hydrogen (secondary N) is 1. The average Bonchev–Trinajstić information content (AvgIpc) is 2.64. The van der Waals surface area contributed by atoms with Crippen LogP contribution in [-0.4, -0.2) is 23.6 Å². The van der Waals surface area contributed by atoms with Gasteiger partial charge in [0, 0.05) is 16.2 Å². The highest BCUT2D eigenvalue weighted by atomic mass is 35.7. The molecule has 1 aromatic heterocycles. The average molecular weight is 258 g/mol. The third-order valence-electron chi connectivity index (χ3n) is 1.99. The number of rotatable bonds is 2. The van der Waals surface area contributed by atoms with Gasteiger partial charge in [0.1, 0.15) is 5.82 Å². The van der Waals surface area contributed by atoms with E-state index >= 15 is 0 Å². The number of benzene rings is 1. The number of hydrogen-bond acceptors (Lipinski definition) is 4. The van der Waals surface area contributed by atoms with Gasteiger partial charge in [0.2, 0.25) is 0 Å². The van der Waals surface area contributed by atoms with Gasteiger partial charge in [0.25, 0.3) is 9.05 Å². The lowest BCUT2D eigenvalue weighted by atomic mass is 10.2. The van der Waals surface area contributed by atoms with E-state index in [2.05, 4.69) is 15.2 Å².